The molecule has 1 N–H and O–H groups in total. The number of carbonyl (C=O) groups excluding carboxylic acids is 1. The number of halogens is 2. The third-order valence-corrected chi connectivity index (χ3v) is 4.85. The number of rotatable bonds is 5. The molecule has 3 aromatic rings. The van der Waals surface area contributed by atoms with Gasteiger partial charge >= 0.3 is 0 Å². The molecule has 0 fully saturated rings. The van der Waals surface area contributed by atoms with Gasteiger partial charge in [0.25, 0.3) is 5.91 Å². The van der Waals surface area contributed by atoms with E-state index in [1.807, 2.05) is 39.0 Å². The van der Waals surface area contributed by atoms with E-state index in [0.717, 1.165) is 5.56 Å². The highest BCUT2D eigenvalue weighted by Crippen LogP contribution is 2.28. The molecule has 0 aliphatic rings. The van der Waals surface area contributed by atoms with Crippen molar-refractivity contribution in [2.45, 2.75) is 26.8 Å². The van der Waals surface area contributed by atoms with Gasteiger partial charge in [-0.3, -0.25) is 4.79 Å². The van der Waals surface area contributed by atoms with E-state index in [-0.39, 0.29) is 17.8 Å². The Kier molecular flexibility index (Phi) is 5.61. The largest absolute Gasteiger partial charge is 0.348 e. The Morgan fingerprint density at radius 2 is 1.78 bits per heavy atom. The van der Waals surface area contributed by atoms with Crippen molar-refractivity contribution >= 4 is 17.5 Å². The van der Waals surface area contributed by atoms with Crippen LogP contribution in [0.15, 0.2) is 54.6 Å². The van der Waals surface area contributed by atoms with Gasteiger partial charge in [0, 0.05) is 11.6 Å². The van der Waals surface area contributed by atoms with E-state index in [4.69, 9.17) is 11.6 Å². The minimum Gasteiger partial charge on any atom is -0.348 e. The average Bonchev–Trinajstić information content (AvgIpc) is 3.07. The van der Waals surface area contributed by atoms with Crippen molar-refractivity contribution in [2.75, 3.05) is 0 Å². The number of nitrogens with zero attached hydrogens (tertiary/aromatic N) is 2. The first-order valence-electron chi connectivity index (χ1n) is 8.78. The van der Waals surface area contributed by atoms with Gasteiger partial charge in [0.05, 0.1) is 16.4 Å². The van der Waals surface area contributed by atoms with Gasteiger partial charge in [-0.15, -0.1) is 0 Å². The summed E-state index contributed by atoms with van der Waals surface area (Å²) in [5, 5.41) is 8.10. The summed E-state index contributed by atoms with van der Waals surface area (Å²) in [4.78, 5) is 12.9. The SMILES string of the molecule is CC(C)[C@H](C)NC(=O)c1cc(-c2ccccc2Cl)nn1-c1ccc(F)cc1. The molecule has 0 aliphatic carbocycles. The molecule has 0 spiro atoms. The van der Waals surface area contributed by atoms with E-state index in [9.17, 15) is 9.18 Å². The minimum atomic E-state index is -0.350. The summed E-state index contributed by atoms with van der Waals surface area (Å²) in [5.41, 5.74) is 2.26. The third kappa shape index (κ3) is 4.19. The molecule has 0 radical (unpaired) electrons. The molecular formula is C21H21ClFN3O. The topological polar surface area (TPSA) is 46.9 Å². The molecule has 1 atom stereocenters. The van der Waals surface area contributed by atoms with Crippen LogP contribution < -0.4 is 5.32 Å². The Morgan fingerprint density at radius 3 is 2.41 bits per heavy atom. The molecule has 0 saturated heterocycles. The Bertz CT molecular complexity index is 950. The first-order valence-corrected chi connectivity index (χ1v) is 9.16. The van der Waals surface area contributed by atoms with E-state index in [2.05, 4.69) is 10.4 Å². The van der Waals surface area contributed by atoms with Crippen molar-refractivity contribution in [3.8, 4) is 16.9 Å². The van der Waals surface area contributed by atoms with Crippen LogP contribution in [0.25, 0.3) is 16.9 Å². The van der Waals surface area contributed by atoms with Crippen LogP contribution in [0.2, 0.25) is 5.02 Å². The highest BCUT2D eigenvalue weighted by Gasteiger charge is 2.21. The van der Waals surface area contributed by atoms with Crippen LogP contribution in [0.4, 0.5) is 4.39 Å². The molecule has 27 heavy (non-hydrogen) atoms. The van der Waals surface area contributed by atoms with Crippen molar-refractivity contribution in [1.82, 2.24) is 15.1 Å². The van der Waals surface area contributed by atoms with Gasteiger partial charge in [-0.25, -0.2) is 9.07 Å². The molecule has 1 aromatic heterocycles. The van der Waals surface area contributed by atoms with Gasteiger partial charge in [0.2, 0.25) is 0 Å². The van der Waals surface area contributed by atoms with Gasteiger partial charge in [-0.2, -0.15) is 5.10 Å². The van der Waals surface area contributed by atoms with Crippen molar-refractivity contribution in [3.05, 3.63) is 71.1 Å². The predicted octanol–water partition coefficient (Wildman–Crippen LogP) is 5.11. The van der Waals surface area contributed by atoms with Gasteiger partial charge in [0.15, 0.2) is 0 Å². The summed E-state index contributed by atoms with van der Waals surface area (Å²) in [5.74, 6) is -0.304. The van der Waals surface area contributed by atoms with Crippen molar-refractivity contribution < 1.29 is 9.18 Å². The quantitative estimate of drug-likeness (QED) is 0.663. The Hall–Kier alpha value is -2.66. The highest BCUT2D eigenvalue weighted by molar-refractivity contribution is 6.33. The normalized spacial score (nSPS) is 12.2. The summed E-state index contributed by atoms with van der Waals surface area (Å²) < 4.78 is 14.8. The van der Waals surface area contributed by atoms with E-state index >= 15 is 0 Å². The lowest BCUT2D eigenvalue weighted by atomic mass is 10.1. The number of hydrogen-bond donors (Lipinski definition) is 1. The van der Waals surface area contributed by atoms with Crippen LogP contribution in [0.1, 0.15) is 31.3 Å². The maximum absolute atomic E-state index is 13.3. The van der Waals surface area contributed by atoms with Gasteiger partial charge in [0.1, 0.15) is 11.5 Å². The fourth-order valence-corrected chi connectivity index (χ4v) is 2.80. The zero-order chi connectivity index (χ0) is 19.6. The number of aromatic nitrogens is 2. The van der Waals surface area contributed by atoms with Gasteiger partial charge in [-0.05, 0) is 49.2 Å². The second-order valence-corrected chi connectivity index (χ2v) is 7.20. The van der Waals surface area contributed by atoms with E-state index < -0.39 is 0 Å². The van der Waals surface area contributed by atoms with Crippen LogP contribution in [0, 0.1) is 11.7 Å². The molecule has 3 rings (SSSR count). The first-order chi connectivity index (χ1) is 12.9. The highest BCUT2D eigenvalue weighted by atomic mass is 35.5. The van der Waals surface area contributed by atoms with Crippen LogP contribution in [-0.2, 0) is 0 Å². The maximum atomic E-state index is 13.3. The fourth-order valence-electron chi connectivity index (χ4n) is 2.57. The Balaban J connectivity index is 2.08. The first kappa shape index (κ1) is 19.1. The van der Waals surface area contributed by atoms with E-state index in [1.54, 1.807) is 24.3 Å². The fraction of sp³-hybridized carbons (Fsp3) is 0.238. The molecule has 0 bridgehead atoms. The standard InChI is InChI=1S/C21H21ClFN3O/c1-13(2)14(3)24-21(27)20-12-19(17-6-4-5-7-18(17)22)25-26(20)16-10-8-15(23)9-11-16/h4-14H,1-3H3,(H,24,27)/t14-/m0/s1. The molecule has 140 valence electrons. The number of amides is 1. The van der Waals surface area contributed by atoms with Crippen LogP contribution in [-0.4, -0.2) is 21.7 Å². The molecule has 6 heteroatoms. The Labute approximate surface area is 163 Å². The number of nitrogens with one attached hydrogen (secondary N) is 1. The summed E-state index contributed by atoms with van der Waals surface area (Å²) >= 11 is 6.29. The number of benzene rings is 2. The van der Waals surface area contributed by atoms with Crippen molar-refractivity contribution in [2.24, 2.45) is 5.92 Å². The minimum absolute atomic E-state index is 0.00201. The zero-order valence-corrected chi connectivity index (χ0v) is 16.2. The monoisotopic (exact) mass is 385 g/mol. The molecule has 1 amide bonds. The summed E-state index contributed by atoms with van der Waals surface area (Å²) in [6, 6.07) is 14.9. The third-order valence-electron chi connectivity index (χ3n) is 4.52. The van der Waals surface area contributed by atoms with Crippen LogP contribution in [0.5, 0.6) is 0 Å². The maximum Gasteiger partial charge on any atom is 0.270 e. The molecule has 2 aromatic carbocycles. The molecule has 0 saturated carbocycles. The number of carbonyl (C=O) groups is 1. The molecular weight excluding hydrogens is 365 g/mol. The lowest BCUT2D eigenvalue weighted by Gasteiger charge is -2.17. The molecule has 0 aliphatic heterocycles. The second-order valence-electron chi connectivity index (χ2n) is 6.79. The van der Waals surface area contributed by atoms with E-state index in [0.29, 0.717) is 28.0 Å². The Morgan fingerprint density at radius 1 is 1.11 bits per heavy atom. The molecule has 0 unspecified atom stereocenters. The second kappa shape index (κ2) is 7.92. The lowest BCUT2D eigenvalue weighted by molar-refractivity contribution is 0.0922. The molecule has 1 heterocycles. The molecule has 4 nitrogen and oxygen atoms in total. The zero-order valence-electron chi connectivity index (χ0n) is 15.4. The van der Waals surface area contributed by atoms with Crippen LogP contribution in [0.3, 0.4) is 0 Å². The van der Waals surface area contributed by atoms with Crippen LogP contribution >= 0.6 is 11.6 Å². The van der Waals surface area contributed by atoms with Gasteiger partial charge in [-0.1, -0.05) is 43.6 Å². The van der Waals surface area contributed by atoms with Crippen molar-refractivity contribution in [3.63, 3.8) is 0 Å². The summed E-state index contributed by atoms with van der Waals surface area (Å²) in [6.07, 6.45) is 0. The smallest absolute Gasteiger partial charge is 0.270 e. The number of hydrogen-bond acceptors (Lipinski definition) is 2. The van der Waals surface area contributed by atoms with E-state index in [1.165, 1.54) is 16.8 Å². The average molecular weight is 386 g/mol. The summed E-state index contributed by atoms with van der Waals surface area (Å²) in [7, 11) is 0. The van der Waals surface area contributed by atoms with Crippen molar-refractivity contribution in [1.29, 1.82) is 0 Å². The predicted molar refractivity (Wildman–Crippen MR) is 106 cm³/mol. The summed E-state index contributed by atoms with van der Waals surface area (Å²) in [6.45, 7) is 6.03. The lowest BCUT2D eigenvalue weighted by Crippen LogP contribution is -2.37. The van der Waals surface area contributed by atoms with Gasteiger partial charge < -0.3 is 5.32 Å².